The molecule has 176 valence electrons. The Hall–Kier alpha value is -1.89. The second-order valence-electron chi connectivity index (χ2n) is 8.31. The fourth-order valence-corrected chi connectivity index (χ4v) is 5.78. The van der Waals surface area contributed by atoms with Gasteiger partial charge in [0.1, 0.15) is 5.69 Å². The molecule has 1 saturated carbocycles. The monoisotopic (exact) mass is 532 g/mol. The molecule has 2 fully saturated rings. The predicted octanol–water partition coefficient (Wildman–Crippen LogP) is -4.65. The van der Waals surface area contributed by atoms with Crippen molar-refractivity contribution < 1.29 is 62.3 Å². The van der Waals surface area contributed by atoms with Crippen molar-refractivity contribution in [2.45, 2.75) is 13.0 Å². The Morgan fingerprint density at radius 2 is 1.78 bits per heavy atom. The topological polar surface area (TPSA) is 141 Å². The number of aromatic carboxylic acids is 2. The summed E-state index contributed by atoms with van der Waals surface area (Å²) in [5, 5.41) is 26.9. The van der Waals surface area contributed by atoms with E-state index in [1.54, 1.807) is 13.0 Å². The van der Waals surface area contributed by atoms with Crippen LogP contribution in [0.15, 0.2) is 24.3 Å². The van der Waals surface area contributed by atoms with Crippen LogP contribution in [0.1, 0.15) is 36.2 Å². The summed E-state index contributed by atoms with van der Waals surface area (Å²) in [6.07, 6.45) is 0. The van der Waals surface area contributed by atoms with Gasteiger partial charge in [-0.05, 0) is 18.6 Å². The van der Waals surface area contributed by atoms with Gasteiger partial charge in [0.05, 0.1) is 32.6 Å². The Morgan fingerprint density at radius 3 is 2.33 bits per heavy atom. The van der Waals surface area contributed by atoms with Crippen molar-refractivity contribution in [2.75, 3.05) is 18.0 Å². The molecule has 9 nitrogen and oxygen atoms in total. The Balaban J connectivity index is 0.00000180. The second kappa shape index (κ2) is 10.8. The summed E-state index contributed by atoms with van der Waals surface area (Å²) in [6.45, 7) is 2.91. The Bertz CT molecular complexity index is 1350. The van der Waals surface area contributed by atoms with Gasteiger partial charge in [-0.3, -0.25) is 4.79 Å². The number of hydrogen-bond acceptors (Lipinski definition) is 8. The van der Waals surface area contributed by atoms with E-state index in [2.05, 4.69) is 15.3 Å². The molecular weight excluding hydrogens is 517 g/mol. The number of aryl methyl sites for hydroxylation is 1. The molecule has 3 aromatic rings. The average Bonchev–Trinajstić information content (AvgIpc) is 3.19. The van der Waals surface area contributed by atoms with E-state index in [9.17, 15) is 24.6 Å². The van der Waals surface area contributed by atoms with E-state index in [0.29, 0.717) is 34.5 Å². The number of amides is 1. The second-order valence-corrected chi connectivity index (χ2v) is 10.0. The molecule has 3 atom stereocenters. The van der Waals surface area contributed by atoms with Crippen molar-refractivity contribution in [3.8, 4) is 11.3 Å². The number of aromatic nitrogens is 2. The molecule has 1 aliphatic carbocycles. The third kappa shape index (κ3) is 5.10. The zero-order valence-electron chi connectivity index (χ0n) is 19.6. The Kier molecular flexibility index (Phi) is 8.64. The van der Waals surface area contributed by atoms with Gasteiger partial charge >= 0.3 is 37.7 Å². The van der Waals surface area contributed by atoms with Gasteiger partial charge in [-0.1, -0.05) is 52.7 Å². The number of halogens is 2. The SMILES string of the molecule is Cc1[nH]c(C(=O)NC2[C@H]3CN(c4nc(-c5cccc(C(=O)[O-])c5)c(C(=O)[O-])s4)C[C@@H]23)c(Cl)c1Cl.[Li+].[Li+]. The smallest absolute Gasteiger partial charge is 0.545 e. The van der Waals surface area contributed by atoms with Gasteiger partial charge in [0.2, 0.25) is 0 Å². The minimum absolute atomic E-state index is 0. The number of hydrogen-bond donors (Lipinski definition) is 2. The summed E-state index contributed by atoms with van der Waals surface area (Å²) in [4.78, 5) is 44.8. The summed E-state index contributed by atoms with van der Waals surface area (Å²) < 4.78 is 0. The molecule has 14 heteroatoms. The molecule has 1 unspecified atom stereocenters. The fourth-order valence-electron chi connectivity index (χ4n) is 4.42. The molecule has 0 bridgehead atoms. The Morgan fingerprint density at radius 1 is 1.11 bits per heavy atom. The van der Waals surface area contributed by atoms with E-state index < -0.39 is 11.9 Å². The first-order valence-corrected chi connectivity index (χ1v) is 11.9. The third-order valence-corrected chi connectivity index (χ3v) is 8.26. The van der Waals surface area contributed by atoms with E-state index >= 15 is 0 Å². The van der Waals surface area contributed by atoms with E-state index in [1.807, 2.05) is 4.90 Å². The van der Waals surface area contributed by atoms with Crippen LogP contribution in [0.2, 0.25) is 10.0 Å². The van der Waals surface area contributed by atoms with Crippen LogP contribution in [-0.4, -0.2) is 46.9 Å². The summed E-state index contributed by atoms with van der Waals surface area (Å²) in [5.74, 6) is -2.69. The van der Waals surface area contributed by atoms with Gasteiger partial charge in [0.15, 0.2) is 5.13 Å². The number of nitrogens with one attached hydrogen (secondary N) is 2. The van der Waals surface area contributed by atoms with Gasteiger partial charge in [0.25, 0.3) is 5.91 Å². The minimum atomic E-state index is -1.39. The molecule has 1 saturated heterocycles. The molecule has 1 aliphatic heterocycles. The quantitative estimate of drug-likeness (QED) is 0.304. The first kappa shape index (κ1) is 28.7. The van der Waals surface area contributed by atoms with Crippen molar-refractivity contribution in [1.82, 2.24) is 15.3 Å². The van der Waals surface area contributed by atoms with Gasteiger partial charge in [0, 0.05) is 42.2 Å². The number of thiazole rings is 1. The summed E-state index contributed by atoms with van der Waals surface area (Å²) >= 11 is 13.2. The zero-order valence-corrected chi connectivity index (χ0v) is 21.9. The van der Waals surface area contributed by atoms with Crippen molar-refractivity contribution in [3.05, 3.63) is 56.1 Å². The van der Waals surface area contributed by atoms with Crippen LogP contribution in [-0.2, 0) is 0 Å². The number of rotatable bonds is 6. The number of benzene rings is 1. The number of carboxylic acids is 2. The maximum atomic E-state index is 12.6. The minimum Gasteiger partial charge on any atom is -0.545 e. The average molecular weight is 533 g/mol. The molecule has 36 heavy (non-hydrogen) atoms. The normalized spacial score (nSPS) is 19.6. The zero-order chi connectivity index (χ0) is 24.3. The summed E-state index contributed by atoms with van der Waals surface area (Å²) in [7, 11) is 0. The van der Waals surface area contributed by atoms with Crippen LogP contribution in [0.25, 0.3) is 11.3 Å². The van der Waals surface area contributed by atoms with Crippen LogP contribution in [0.3, 0.4) is 0 Å². The number of H-pyrrole nitrogens is 1. The largest absolute Gasteiger partial charge is 1.00 e. The molecule has 2 aromatic heterocycles. The number of piperidine rings is 1. The standard InChI is InChI=1S/C22H18Cl2N4O5S.2Li/c1-8-13(23)14(24)17(25-8)19(29)26-16-11-6-28(7-12(11)16)22-27-15(18(34-22)21(32)33)9-3-2-4-10(5-9)20(30)31;;/h2-5,11-12,16,25H,6-7H2,1H3,(H,26,29)(H,30,31)(H,32,33);;/q;2*+1/p-2/t11-,12+,16?;;. The van der Waals surface area contributed by atoms with E-state index in [1.165, 1.54) is 18.2 Å². The molecule has 0 spiro atoms. The van der Waals surface area contributed by atoms with Gasteiger partial charge in [-0.25, -0.2) is 4.98 Å². The number of carboxylic acid groups (broad SMARTS) is 2. The number of carbonyl (C=O) groups excluding carboxylic acids is 3. The fraction of sp³-hybridized carbons (Fsp3) is 0.273. The molecule has 1 amide bonds. The number of aromatic amines is 1. The Labute approximate surface area is 243 Å². The first-order chi connectivity index (χ1) is 16.2. The molecular formula is C22H16Cl2Li2N4O5S. The molecule has 3 heterocycles. The number of carbonyl (C=O) groups is 3. The molecule has 5 rings (SSSR count). The summed E-state index contributed by atoms with van der Waals surface area (Å²) in [5.41, 5.74) is 1.29. The van der Waals surface area contributed by atoms with Crippen LogP contribution in [0, 0.1) is 18.8 Å². The molecule has 1 aromatic carbocycles. The van der Waals surface area contributed by atoms with Gasteiger partial charge < -0.3 is 35.0 Å². The van der Waals surface area contributed by atoms with Gasteiger partial charge in [-0.2, -0.15) is 0 Å². The van der Waals surface area contributed by atoms with Crippen molar-refractivity contribution in [3.63, 3.8) is 0 Å². The molecule has 2 N–H and O–H groups in total. The van der Waals surface area contributed by atoms with E-state index in [4.69, 9.17) is 23.2 Å². The maximum absolute atomic E-state index is 12.6. The third-order valence-electron chi connectivity index (χ3n) is 6.22. The maximum Gasteiger partial charge on any atom is 1.00 e. The summed E-state index contributed by atoms with van der Waals surface area (Å²) in [6, 6.07) is 5.75. The van der Waals surface area contributed by atoms with Crippen LogP contribution < -0.4 is 58.2 Å². The van der Waals surface area contributed by atoms with E-state index in [-0.39, 0.29) is 88.4 Å². The van der Waals surface area contributed by atoms with Crippen LogP contribution >= 0.6 is 34.5 Å². The van der Waals surface area contributed by atoms with Crippen molar-refractivity contribution in [2.24, 2.45) is 11.8 Å². The van der Waals surface area contributed by atoms with Crippen LogP contribution in [0.4, 0.5) is 5.13 Å². The van der Waals surface area contributed by atoms with Crippen molar-refractivity contribution >= 4 is 57.5 Å². The predicted molar refractivity (Wildman–Crippen MR) is 122 cm³/mol. The van der Waals surface area contributed by atoms with Gasteiger partial charge in [-0.15, -0.1) is 0 Å². The van der Waals surface area contributed by atoms with E-state index in [0.717, 1.165) is 11.3 Å². The van der Waals surface area contributed by atoms with Crippen molar-refractivity contribution in [1.29, 1.82) is 0 Å². The molecule has 2 aliphatic rings. The first-order valence-electron chi connectivity index (χ1n) is 10.3. The van der Waals surface area contributed by atoms with Crippen LogP contribution in [0.5, 0.6) is 0 Å². The number of nitrogens with zero attached hydrogens (tertiary/aromatic N) is 2. The molecule has 0 radical (unpaired) electrons. The number of fused-ring (bicyclic) bond motifs is 1. The number of anilines is 1.